The van der Waals surface area contributed by atoms with Crippen LogP contribution >= 0.6 is 0 Å². The largest absolute Gasteiger partial charge is 0.457 e. The Morgan fingerprint density at radius 2 is 1.61 bits per heavy atom. The molecule has 0 atom stereocenters. The van der Waals surface area contributed by atoms with Gasteiger partial charge in [-0.05, 0) is 55.8 Å². The normalized spacial score (nSPS) is 11.3. The van der Waals surface area contributed by atoms with Crippen molar-refractivity contribution in [3.8, 4) is 11.5 Å². The molecule has 3 nitrogen and oxygen atoms in total. The molecule has 2 rings (SSSR count). The zero-order valence-electron chi connectivity index (χ0n) is 10.7. The average Bonchev–Trinajstić information content (AvgIpc) is 2.31. The van der Waals surface area contributed by atoms with E-state index in [0.717, 1.165) is 22.7 Å². The zero-order valence-corrected chi connectivity index (χ0v) is 10.7. The SMILES string of the molecule is CC(C)(N)c1cccc(Oc2ccc(N)cc2)c1. The molecule has 0 bridgehead atoms. The first-order valence-corrected chi connectivity index (χ1v) is 5.88. The lowest BCUT2D eigenvalue weighted by Gasteiger charge is -2.19. The highest BCUT2D eigenvalue weighted by Crippen LogP contribution is 2.26. The molecular weight excluding hydrogens is 224 g/mol. The van der Waals surface area contributed by atoms with Gasteiger partial charge in [0.1, 0.15) is 11.5 Å². The van der Waals surface area contributed by atoms with E-state index in [0.29, 0.717) is 0 Å². The van der Waals surface area contributed by atoms with Crippen LogP contribution in [0.15, 0.2) is 48.5 Å². The van der Waals surface area contributed by atoms with Gasteiger partial charge in [0, 0.05) is 11.2 Å². The van der Waals surface area contributed by atoms with Crippen molar-refractivity contribution in [2.75, 3.05) is 5.73 Å². The Bertz CT molecular complexity index is 527. The number of rotatable bonds is 3. The summed E-state index contributed by atoms with van der Waals surface area (Å²) in [6, 6.07) is 15.1. The van der Waals surface area contributed by atoms with Crippen LogP contribution in [0.2, 0.25) is 0 Å². The summed E-state index contributed by atoms with van der Waals surface area (Å²) in [5.41, 5.74) is 13.1. The molecule has 0 aliphatic carbocycles. The Balaban J connectivity index is 2.22. The van der Waals surface area contributed by atoms with Gasteiger partial charge in [0.2, 0.25) is 0 Å². The molecule has 0 amide bonds. The first-order chi connectivity index (χ1) is 8.45. The highest BCUT2D eigenvalue weighted by molar-refractivity contribution is 5.43. The third-order valence-corrected chi connectivity index (χ3v) is 2.69. The van der Waals surface area contributed by atoms with Crippen LogP contribution in [0.4, 0.5) is 5.69 Å². The fraction of sp³-hybridized carbons (Fsp3) is 0.200. The third-order valence-electron chi connectivity index (χ3n) is 2.69. The van der Waals surface area contributed by atoms with Gasteiger partial charge >= 0.3 is 0 Å². The molecule has 0 radical (unpaired) electrons. The lowest BCUT2D eigenvalue weighted by Crippen LogP contribution is -2.28. The molecule has 0 unspecified atom stereocenters. The Hall–Kier alpha value is -2.00. The highest BCUT2D eigenvalue weighted by Gasteiger charge is 2.14. The number of nitrogens with two attached hydrogens (primary N) is 2. The standard InChI is InChI=1S/C15H18N2O/c1-15(2,17)11-4-3-5-14(10-11)18-13-8-6-12(16)7-9-13/h3-10H,16-17H2,1-2H3. The molecule has 0 saturated heterocycles. The fourth-order valence-corrected chi connectivity index (χ4v) is 1.63. The van der Waals surface area contributed by atoms with Gasteiger partial charge < -0.3 is 16.2 Å². The van der Waals surface area contributed by atoms with Crippen molar-refractivity contribution in [2.24, 2.45) is 5.73 Å². The molecule has 4 N–H and O–H groups in total. The van der Waals surface area contributed by atoms with Crippen molar-refractivity contribution >= 4 is 5.69 Å². The highest BCUT2D eigenvalue weighted by atomic mass is 16.5. The maximum Gasteiger partial charge on any atom is 0.127 e. The van der Waals surface area contributed by atoms with Gasteiger partial charge in [-0.2, -0.15) is 0 Å². The molecule has 0 aliphatic rings. The molecule has 0 spiro atoms. The van der Waals surface area contributed by atoms with E-state index in [9.17, 15) is 0 Å². The lowest BCUT2D eigenvalue weighted by molar-refractivity contribution is 0.477. The van der Waals surface area contributed by atoms with Crippen LogP contribution in [0.25, 0.3) is 0 Å². The number of benzene rings is 2. The molecular formula is C15H18N2O. The second-order valence-electron chi connectivity index (χ2n) is 4.92. The van der Waals surface area contributed by atoms with Crippen molar-refractivity contribution in [1.29, 1.82) is 0 Å². The summed E-state index contributed by atoms with van der Waals surface area (Å²) in [6.45, 7) is 3.94. The minimum atomic E-state index is -0.375. The summed E-state index contributed by atoms with van der Waals surface area (Å²) < 4.78 is 5.76. The topological polar surface area (TPSA) is 61.3 Å². The van der Waals surface area contributed by atoms with E-state index < -0.39 is 0 Å². The predicted molar refractivity (Wildman–Crippen MR) is 74.6 cm³/mol. The first kappa shape index (κ1) is 12.5. The van der Waals surface area contributed by atoms with E-state index in [1.807, 2.05) is 62.4 Å². The van der Waals surface area contributed by atoms with Crippen LogP contribution in [0, 0.1) is 0 Å². The Morgan fingerprint density at radius 1 is 0.944 bits per heavy atom. The summed E-state index contributed by atoms with van der Waals surface area (Å²) in [7, 11) is 0. The molecule has 0 fully saturated rings. The molecule has 18 heavy (non-hydrogen) atoms. The molecule has 0 aliphatic heterocycles. The Labute approximate surface area is 107 Å². The Kier molecular flexibility index (Phi) is 3.26. The van der Waals surface area contributed by atoms with Crippen LogP contribution in [0.3, 0.4) is 0 Å². The summed E-state index contributed by atoms with van der Waals surface area (Å²) in [4.78, 5) is 0. The molecule has 0 aromatic heterocycles. The van der Waals surface area contributed by atoms with Gasteiger partial charge in [-0.25, -0.2) is 0 Å². The summed E-state index contributed by atoms with van der Waals surface area (Å²) >= 11 is 0. The molecule has 3 heteroatoms. The third kappa shape index (κ3) is 3.02. The number of hydrogen-bond acceptors (Lipinski definition) is 3. The molecule has 0 heterocycles. The predicted octanol–water partition coefficient (Wildman–Crippen LogP) is 3.25. The van der Waals surface area contributed by atoms with Gasteiger partial charge in [0.15, 0.2) is 0 Å². The van der Waals surface area contributed by atoms with E-state index in [4.69, 9.17) is 16.2 Å². The minimum absolute atomic E-state index is 0.375. The van der Waals surface area contributed by atoms with Crippen LogP contribution in [-0.2, 0) is 5.54 Å². The van der Waals surface area contributed by atoms with Crippen molar-refractivity contribution in [2.45, 2.75) is 19.4 Å². The summed E-state index contributed by atoms with van der Waals surface area (Å²) in [5.74, 6) is 1.53. The fourth-order valence-electron chi connectivity index (χ4n) is 1.63. The van der Waals surface area contributed by atoms with Crippen LogP contribution < -0.4 is 16.2 Å². The quantitative estimate of drug-likeness (QED) is 0.812. The van der Waals surface area contributed by atoms with E-state index in [1.165, 1.54) is 0 Å². The van der Waals surface area contributed by atoms with Gasteiger partial charge in [-0.15, -0.1) is 0 Å². The summed E-state index contributed by atoms with van der Waals surface area (Å²) in [6.07, 6.45) is 0. The first-order valence-electron chi connectivity index (χ1n) is 5.88. The van der Waals surface area contributed by atoms with Crippen molar-refractivity contribution in [1.82, 2.24) is 0 Å². The van der Waals surface area contributed by atoms with E-state index in [2.05, 4.69) is 0 Å². The number of nitrogen functional groups attached to an aromatic ring is 1. The maximum absolute atomic E-state index is 6.07. The molecule has 2 aromatic carbocycles. The Morgan fingerprint density at radius 3 is 2.22 bits per heavy atom. The number of anilines is 1. The van der Waals surface area contributed by atoms with Crippen LogP contribution in [0.1, 0.15) is 19.4 Å². The number of ether oxygens (including phenoxy) is 1. The van der Waals surface area contributed by atoms with Gasteiger partial charge in [-0.3, -0.25) is 0 Å². The number of hydrogen-bond donors (Lipinski definition) is 2. The van der Waals surface area contributed by atoms with E-state index in [-0.39, 0.29) is 5.54 Å². The van der Waals surface area contributed by atoms with Crippen molar-refractivity contribution in [3.05, 3.63) is 54.1 Å². The van der Waals surface area contributed by atoms with Crippen LogP contribution in [0.5, 0.6) is 11.5 Å². The van der Waals surface area contributed by atoms with Gasteiger partial charge in [0.25, 0.3) is 0 Å². The lowest BCUT2D eigenvalue weighted by atomic mass is 9.96. The summed E-state index contributed by atoms with van der Waals surface area (Å²) in [5, 5.41) is 0. The van der Waals surface area contributed by atoms with E-state index in [1.54, 1.807) is 0 Å². The molecule has 0 saturated carbocycles. The van der Waals surface area contributed by atoms with Crippen LogP contribution in [-0.4, -0.2) is 0 Å². The average molecular weight is 242 g/mol. The van der Waals surface area contributed by atoms with Crippen molar-refractivity contribution < 1.29 is 4.74 Å². The zero-order chi connectivity index (χ0) is 13.2. The maximum atomic E-state index is 6.07. The smallest absolute Gasteiger partial charge is 0.127 e. The monoisotopic (exact) mass is 242 g/mol. The van der Waals surface area contributed by atoms with Gasteiger partial charge in [-0.1, -0.05) is 12.1 Å². The molecule has 2 aromatic rings. The second-order valence-corrected chi connectivity index (χ2v) is 4.92. The van der Waals surface area contributed by atoms with E-state index >= 15 is 0 Å². The van der Waals surface area contributed by atoms with Gasteiger partial charge in [0.05, 0.1) is 0 Å². The molecule has 94 valence electrons. The van der Waals surface area contributed by atoms with Crippen molar-refractivity contribution in [3.63, 3.8) is 0 Å². The minimum Gasteiger partial charge on any atom is -0.457 e. The second kappa shape index (κ2) is 4.70.